The van der Waals surface area contributed by atoms with Crippen LogP contribution < -0.4 is 5.32 Å². The monoisotopic (exact) mass is 251 g/mol. The number of methoxy groups -OCH3 is 1. The van der Waals surface area contributed by atoms with Crippen molar-refractivity contribution < 1.29 is 14.3 Å². The van der Waals surface area contributed by atoms with Crippen molar-refractivity contribution in [3.05, 3.63) is 18.1 Å². The molecule has 1 heterocycles. The molecular weight excluding hydrogens is 234 g/mol. The van der Waals surface area contributed by atoms with Gasteiger partial charge in [0, 0.05) is 12.6 Å². The number of anilines is 1. The second kappa shape index (κ2) is 5.77. The Balaban J connectivity index is 1.89. The van der Waals surface area contributed by atoms with Crippen LogP contribution >= 0.6 is 0 Å². The molecule has 6 heteroatoms. The fraction of sp³-hybridized carbons (Fsp3) is 0.583. The molecule has 0 bridgehead atoms. The third kappa shape index (κ3) is 2.95. The molecule has 1 saturated carbocycles. The highest BCUT2D eigenvalue weighted by Gasteiger charge is 2.29. The van der Waals surface area contributed by atoms with Gasteiger partial charge in [0.05, 0.1) is 25.6 Å². The highest BCUT2D eigenvalue weighted by molar-refractivity contribution is 5.87. The highest BCUT2D eigenvalue weighted by Crippen LogP contribution is 2.25. The summed E-state index contributed by atoms with van der Waals surface area (Å²) in [7, 11) is 1.32. The van der Waals surface area contributed by atoms with E-state index in [1.165, 1.54) is 13.3 Å². The summed E-state index contributed by atoms with van der Waals surface area (Å²) in [6.45, 7) is 2.74. The van der Waals surface area contributed by atoms with Gasteiger partial charge < -0.3 is 14.8 Å². The van der Waals surface area contributed by atoms with Crippen LogP contribution in [0.2, 0.25) is 0 Å². The Morgan fingerprint density at radius 2 is 2.28 bits per heavy atom. The van der Waals surface area contributed by atoms with Gasteiger partial charge in [0.2, 0.25) is 0 Å². The Morgan fingerprint density at radius 1 is 1.50 bits per heavy atom. The standard InChI is InChI=1S/C12H17N3O3/c1-3-18-9-4-8(5-9)14-11-7-13-6-10(15-11)12(16)17-2/h6-9H,3-5H2,1-2H3,(H,14,15). The molecule has 0 spiro atoms. The number of nitrogens with zero attached hydrogens (tertiary/aromatic N) is 2. The highest BCUT2D eigenvalue weighted by atomic mass is 16.5. The molecule has 0 atom stereocenters. The Morgan fingerprint density at radius 3 is 2.94 bits per heavy atom. The number of carbonyl (C=O) groups is 1. The average molecular weight is 251 g/mol. The fourth-order valence-corrected chi connectivity index (χ4v) is 1.90. The summed E-state index contributed by atoms with van der Waals surface area (Å²) in [4.78, 5) is 19.4. The maximum Gasteiger partial charge on any atom is 0.358 e. The van der Waals surface area contributed by atoms with Gasteiger partial charge in [-0.25, -0.2) is 9.78 Å². The van der Waals surface area contributed by atoms with E-state index in [1.54, 1.807) is 6.20 Å². The van der Waals surface area contributed by atoms with Crippen molar-refractivity contribution in [2.45, 2.75) is 31.9 Å². The molecule has 0 saturated heterocycles. The van der Waals surface area contributed by atoms with Crippen LogP contribution in [-0.2, 0) is 9.47 Å². The van der Waals surface area contributed by atoms with Crippen molar-refractivity contribution in [2.75, 3.05) is 19.0 Å². The summed E-state index contributed by atoms with van der Waals surface area (Å²) in [6.07, 6.45) is 5.24. The molecule has 18 heavy (non-hydrogen) atoms. The van der Waals surface area contributed by atoms with Crippen LogP contribution in [0, 0.1) is 0 Å². The SMILES string of the molecule is CCOC1CC(Nc2cncc(C(=O)OC)n2)C1. The zero-order chi connectivity index (χ0) is 13.0. The number of ether oxygens (including phenoxy) is 2. The molecule has 6 nitrogen and oxygen atoms in total. The van der Waals surface area contributed by atoms with Crippen molar-refractivity contribution in [1.82, 2.24) is 9.97 Å². The Hall–Kier alpha value is -1.69. The van der Waals surface area contributed by atoms with Gasteiger partial charge in [0.25, 0.3) is 0 Å². The summed E-state index contributed by atoms with van der Waals surface area (Å²) in [5.74, 6) is 0.116. The van der Waals surface area contributed by atoms with E-state index >= 15 is 0 Å². The molecule has 1 aromatic rings. The van der Waals surface area contributed by atoms with Crippen LogP contribution in [-0.4, -0.2) is 41.8 Å². The Labute approximate surface area is 106 Å². The molecule has 1 aromatic heterocycles. The molecule has 1 N–H and O–H groups in total. The van der Waals surface area contributed by atoms with Crippen molar-refractivity contribution in [3.63, 3.8) is 0 Å². The normalized spacial score (nSPS) is 22.1. The number of rotatable bonds is 5. The third-order valence-corrected chi connectivity index (χ3v) is 2.88. The van der Waals surface area contributed by atoms with Crippen molar-refractivity contribution in [2.24, 2.45) is 0 Å². The maximum absolute atomic E-state index is 11.3. The predicted molar refractivity (Wildman–Crippen MR) is 65.4 cm³/mol. The zero-order valence-electron chi connectivity index (χ0n) is 10.5. The molecule has 1 aliphatic carbocycles. The smallest absolute Gasteiger partial charge is 0.358 e. The van der Waals surface area contributed by atoms with E-state index in [4.69, 9.17) is 4.74 Å². The van der Waals surface area contributed by atoms with Gasteiger partial charge in [-0.15, -0.1) is 0 Å². The minimum Gasteiger partial charge on any atom is -0.464 e. The van der Waals surface area contributed by atoms with E-state index in [0.717, 1.165) is 19.4 Å². The number of nitrogens with one attached hydrogen (secondary N) is 1. The molecule has 1 aliphatic rings. The van der Waals surface area contributed by atoms with E-state index in [2.05, 4.69) is 20.0 Å². The summed E-state index contributed by atoms with van der Waals surface area (Å²) in [5.41, 5.74) is 0.211. The maximum atomic E-state index is 11.3. The summed E-state index contributed by atoms with van der Waals surface area (Å²) in [5, 5.41) is 3.22. The van der Waals surface area contributed by atoms with Gasteiger partial charge >= 0.3 is 5.97 Å². The van der Waals surface area contributed by atoms with E-state index < -0.39 is 5.97 Å². The topological polar surface area (TPSA) is 73.3 Å². The van der Waals surface area contributed by atoms with Gasteiger partial charge in [-0.2, -0.15) is 0 Å². The van der Waals surface area contributed by atoms with Crippen LogP contribution in [0.4, 0.5) is 5.82 Å². The second-order valence-corrected chi connectivity index (χ2v) is 4.17. The summed E-state index contributed by atoms with van der Waals surface area (Å²) < 4.78 is 10.1. The fourth-order valence-electron chi connectivity index (χ4n) is 1.90. The quantitative estimate of drug-likeness (QED) is 0.794. The lowest BCUT2D eigenvalue weighted by atomic mass is 9.89. The lowest BCUT2D eigenvalue weighted by Gasteiger charge is -2.35. The summed E-state index contributed by atoms with van der Waals surface area (Å²) >= 11 is 0. The number of carbonyl (C=O) groups excluding carboxylic acids is 1. The first-order valence-electron chi connectivity index (χ1n) is 6.01. The molecule has 0 aromatic carbocycles. The van der Waals surface area contributed by atoms with Crippen molar-refractivity contribution in [3.8, 4) is 0 Å². The molecule has 0 unspecified atom stereocenters. The van der Waals surface area contributed by atoms with Gasteiger partial charge in [-0.05, 0) is 19.8 Å². The Kier molecular flexibility index (Phi) is 4.09. The van der Waals surface area contributed by atoms with Crippen LogP contribution in [0.3, 0.4) is 0 Å². The largest absolute Gasteiger partial charge is 0.464 e. The van der Waals surface area contributed by atoms with Crippen LogP contribution in [0.15, 0.2) is 12.4 Å². The zero-order valence-corrected chi connectivity index (χ0v) is 10.5. The van der Waals surface area contributed by atoms with E-state index in [0.29, 0.717) is 18.0 Å². The molecule has 1 fully saturated rings. The third-order valence-electron chi connectivity index (χ3n) is 2.88. The summed E-state index contributed by atoms with van der Waals surface area (Å²) in [6, 6.07) is 0.337. The number of aromatic nitrogens is 2. The second-order valence-electron chi connectivity index (χ2n) is 4.17. The van der Waals surface area contributed by atoms with Crippen LogP contribution in [0.5, 0.6) is 0 Å². The number of hydrogen-bond donors (Lipinski definition) is 1. The van der Waals surface area contributed by atoms with Crippen LogP contribution in [0.25, 0.3) is 0 Å². The molecule has 0 radical (unpaired) electrons. The van der Waals surface area contributed by atoms with Crippen molar-refractivity contribution in [1.29, 1.82) is 0 Å². The van der Waals surface area contributed by atoms with Gasteiger partial charge in [-0.1, -0.05) is 0 Å². The van der Waals surface area contributed by atoms with Gasteiger partial charge in [-0.3, -0.25) is 4.98 Å². The lowest BCUT2D eigenvalue weighted by molar-refractivity contribution is 0.00290. The number of hydrogen-bond acceptors (Lipinski definition) is 6. The van der Waals surface area contributed by atoms with E-state index in [9.17, 15) is 4.79 Å². The molecule has 0 amide bonds. The molecule has 0 aliphatic heterocycles. The lowest BCUT2D eigenvalue weighted by Crippen LogP contribution is -2.41. The minimum atomic E-state index is -0.480. The van der Waals surface area contributed by atoms with Gasteiger partial charge in [0.1, 0.15) is 5.82 Å². The first-order valence-corrected chi connectivity index (χ1v) is 6.01. The first kappa shape index (κ1) is 12.8. The number of esters is 1. The predicted octanol–water partition coefficient (Wildman–Crippen LogP) is 1.24. The first-order chi connectivity index (χ1) is 8.72. The van der Waals surface area contributed by atoms with E-state index in [-0.39, 0.29) is 5.69 Å². The van der Waals surface area contributed by atoms with Crippen molar-refractivity contribution >= 4 is 11.8 Å². The molecular formula is C12H17N3O3. The average Bonchev–Trinajstić information content (AvgIpc) is 2.36. The Bertz CT molecular complexity index is 419. The van der Waals surface area contributed by atoms with E-state index in [1.807, 2.05) is 6.92 Å². The van der Waals surface area contributed by atoms with Gasteiger partial charge in [0.15, 0.2) is 5.69 Å². The minimum absolute atomic E-state index is 0.211. The molecule has 98 valence electrons. The molecule has 2 rings (SSSR count). The van der Waals surface area contributed by atoms with Crippen LogP contribution in [0.1, 0.15) is 30.3 Å².